The summed E-state index contributed by atoms with van der Waals surface area (Å²) in [5.74, 6) is 2.32. The number of rotatable bonds is 4. The molecule has 1 aliphatic heterocycles. The van der Waals surface area contributed by atoms with Crippen molar-refractivity contribution < 1.29 is 4.74 Å². The normalized spacial score (nSPS) is 17.6. The zero-order valence-corrected chi connectivity index (χ0v) is 13.4. The first-order valence-corrected chi connectivity index (χ1v) is 8.10. The quantitative estimate of drug-likeness (QED) is 0.941. The number of fused-ring (bicyclic) bond motifs is 1. The zero-order valence-electron chi connectivity index (χ0n) is 12.5. The molecule has 0 spiro atoms. The smallest absolute Gasteiger partial charge is 0.210 e. The maximum atomic E-state index is 5.16. The van der Waals surface area contributed by atoms with Gasteiger partial charge in [0.05, 0.1) is 6.04 Å². The fourth-order valence-electron chi connectivity index (χ4n) is 2.38. The Morgan fingerprint density at radius 2 is 2.10 bits per heavy atom. The summed E-state index contributed by atoms with van der Waals surface area (Å²) in [4.78, 5) is 0. The Morgan fingerprint density at radius 1 is 1.33 bits per heavy atom. The molecule has 3 rings (SSSR count). The zero-order chi connectivity index (χ0) is 14.8. The highest BCUT2D eigenvalue weighted by atomic mass is 32.2. The molecule has 1 aliphatic rings. The second-order valence-electron chi connectivity index (χ2n) is 5.48. The third-order valence-corrected chi connectivity index (χ3v) is 4.67. The number of nitrogens with one attached hydrogen (secondary N) is 1. The van der Waals surface area contributed by atoms with Gasteiger partial charge in [-0.3, -0.25) is 0 Å². The van der Waals surface area contributed by atoms with Crippen molar-refractivity contribution in [3.8, 4) is 0 Å². The first-order valence-electron chi connectivity index (χ1n) is 7.11. The van der Waals surface area contributed by atoms with Crippen LogP contribution in [-0.4, -0.2) is 27.7 Å². The summed E-state index contributed by atoms with van der Waals surface area (Å²) >= 11 is 1.72. The van der Waals surface area contributed by atoms with Gasteiger partial charge in [0.1, 0.15) is 6.61 Å². The minimum atomic E-state index is 0.260. The van der Waals surface area contributed by atoms with Gasteiger partial charge < -0.3 is 10.2 Å². The van der Waals surface area contributed by atoms with Gasteiger partial charge in [0, 0.05) is 12.9 Å². The molecule has 0 saturated heterocycles. The lowest BCUT2D eigenvalue weighted by atomic mass is 10.00. The summed E-state index contributed by atoms with van der Waals surface area (Å²) in [7, 11) is 1.67. The van der Waals surface area contributed by atoms with E-state index in [-0.39, 0.29) is 6.04 Å². The Bertz CT molecular complexity index is 609. The van der Waals surface area contributed by atoms with E-state index >= 15 is 0 Å². The Labute approximate surface area is 129 Å². The van der Waals surface area contributed by atoms with Gasteiger partial charge in [0.2, 0.25) is 5.16 Å². The number of ether oxygens (including phenoxy) is 1. The molecule has 0 saturated carbocycles. The van der Waals surface area contributed by atoms with E-state index < -0.39 is 0 Å². The number of nitrogens with zero attached hydrogens (tertiary/aromatic N) is 3. The molecule has 2 heterocycles. The van der Waals surface area contributed by atoms with E-state index in [2.05, 4.69) is 53.7 Å². The van der Waals surface area contributed by atoms with Crippen LogP contribution in [-0.2, 0) is 11.3 Å². The maximum absolute atomic E-state index is 5.16. The SMILES string of the molecule is COCc1nnc2n1NC(c1ccc(C(C)C)cc1)CS2. The van der Waals surface area contributed by atoms with E-state index in [0.717, 1.165) is 16.7 Å². The van der Waals surface area contributed by atoms with Crippen molar-refractivity contribution >= 4 is 11.8 Å². The Hall–Kier alpha value is -1.53. The van der Waals surface area contributed by atoms with Crippen LogP contribution < -0.4 is 5.43 Å². The molecule has 0 aliphatic carbocycles. The molecule has 1 unspecified atom stereocenters. The summed E-state index contributed by atoms with van der Waals surface area (Å²) < 4.78 is 7.11. The van der Waals surface area contributed by atoms with Crippen LogP contribution in [0.2, 0.25) is 0 Å². The van der Waals surface area contributed by atoms with Crippen molar-refractivity contribution in [1.82, 2.24) is 14.9 Å². The molecular formula is C15H20N4OS. The topological polar surface area (TPSA) is 52.0 Å². The molecule has 21 heavy (non-hydrogen) atoms. The van der Waals surface area contributed by atoms with E-state index in [1.807, 2.05) is 4.68 Å². The van der Waals surface area contributed by atoms with Crippen LogP contribution in [0.25, 0.3) is 0 Å². The number of benzene rings is 1. The number of hydrogen-bond donors (Lipinski definition) is 1. The van der Waals surface area contributed by atoms with Crippen molar-refractivity contribution in [2.75, 3.05) is 18.3 Å². The molecule has 6 heteroatoms. The minimum Gasteiger partial charge on any atom is -0.377 e. The monoisotopic (exact) mass is 304 g/mol. The van der Waals surface area contributed by atoms with E-state index in [4.69, 9.17) is 4.74 Å². The van der Waals surface area contributed by atoms with Crippen LogP contribution in [0.3, 0.4) is 0 Å². The minimum absolute atomic E-state index is 0.260. The van der Waals surface area contributed by atoms with Gasteiger partial charge in [-0.15, -0.1) is 10.2 Å². The summed E-state index contributed by atoms with van der Waals surface area (Å²) in [6.45, 7) is 4.88. The third kappa shape index (κ3) is 2.91. The van der Waals surface area contributed by atoms with Gasteiger partial charge in [-0.25, -0.2) is 4.68 Å². The summed E-state index contributed by atoms with van der Waals surface area (Å²) in [6.07, 6.45) is 0. The van der Waals surface area contributed by atoms with Crippen molar-refractivity contribution in [3.63, 3.8) is 0 Å². The molecular weight excluding hydrogens is 284 g/mol. The Kier molecular flexibility index (Phi) is 4.17. The van der Waals surface area contributed by atoms with Crippen LogP contribution in [0.1, 0.15) is 42.8 Å². The van der Waals surface area contributed by atoms with Crippen LogP contribution in [0.15, 0.2) is 29.4 Å². The molecule has 2 aromatic rings. The van der Waals surface area contributed by atoms with Gasteiger partial charge in [0.25, 0.3) is 0 Å². The van der Waals surface area contributed by atoms with Crippen LogP contribution >= 0.6 is 11.8 Å². The van der Waals surface area contributed by atoms with Crippen molar-refractivity contribution in [2.45, 2.75) is 37.6 Å². The highest BCUT2D eigenvalue weighted by Crippen LogP contribution is 2.30. The molecule has 5 nitrogen and oxygen atoms in total. The fraction of sp³-hybridized carbons (Fsp3) is 0.467. The van der Waals surface area contributed by atoms with E-state index in [0.29, 0.717) is 12.5 Å². The largest absolute Gasteiger partial charge is 0.377 e. The Morgan fingerprint density at radius 3 is 2.76 bits per heavy atom. The average molecular weight is 304 g/mol. The van der Waals surface area contributed by atoms with Crippen LogP contribution in [0.4, 0.5) is 0 Å². The highest BCUT2D eigenvalue weighted by Gasteiger charge is 2.23. The number of hydrogen-bond acceptors (Lipinski definition) is 5. The highest BCUT2D eigenvalue weighted by molar-refractivity contribution is 7.99. The lowest BCUT2D eigenvalue weighted by molar-refractivity contribution is 0.174. The molecule has 0 fully saturated rings. The van der Waals surface area contributed by atoms with Gasteiger partial charge in [0.15, 0.2) is 5.82 Å². The summed E-state index contributed by atoms with van der Waals surface area (Å²) in [5.41, 5.74) is 6.14. The van der Waals surface area contributed by atoms with Crippen molar-refractivity contribution in [2.24, 2.45) is 0 Å². The predicted octanol–water partition coefficient (Wildman–Crippen LogP) is 2.94. The van der Waals surface area contributed by atoms with Gasteiger partial charge in [-0.2, -0.15) is 0 Å². The number of aromatic nitrogens is 3. The molecule has 0 bridgehead atoms. The summed E-state index contributed by atoms with van der Waals surface area (Å²) in [5, 5.41) is 9.23. The predicted molar refractivity (Wildman–Crippen MR) is 84.1 cm³/mol. The van der Waals surface area contributed by atoms with Gasteiger partial charge in [-0.05, 0) is 17.0 Å². The molecule has 1 atom stereocenters. The molecule has 1 N–H and O–H groups in total. The second kappa shape index (κ2) is 6.07. The number of methoxy groups -OCH3 is 1. The van der Waals surface area contributed by atoms with Crippen LogP contribution in [0, 0.1) is 0 Å². The molecule has 1 aromatic carbocycles. The maximum Gasteiger partial charge on any atom is 0.210 e. The first kappa shape index (κ1) is 14.4. The molecule has 112 valence electrons. The third-order valence-electron chi connectivity index (χ3n) is 3.64. The molecule has 0 amide bonds. The first-order chi connectivity index (χ1) is 10.2. The number of thioether (sulfide) groups is 1. The molecule has 1 aromatic heterocycles. The molecule has 0 radical (unpaired) electrons. The van der Waals surface area contributed by atoms with Crippen molar-refractivity contribution in [1.29, 1.82) is 0 Å². The second-order valence-corrected chi connectivity index (χ2v) is 6.47. The van der Waals surface area contributed by atoms with E-state index in [1.165, 1.54) is 11.1 Å². The lowest BCUT2D eigenvalue weighted by Crippen LogP contribution is -2.29. The average Bonchev–Trinajstić information content (AvgIpc) is 2.90. The standard InChI is InChI=1S/C15H20N4OS/c1-10(2)11-4-6-12(7-5-11)13-9-21-15-17-16-14(8-20-3)19(15)18-13/h4-7,10,13,18H,8-9H2,1-3H3. The van der Waals surface area contributed by atoms with Crippen LogP contribution in [0.5, 0.6) is 0 Å². The lowest BCUT2D eigenvalue weighted by Gasteiger charge is -2.26. The van der Waals surface area contributed by atoms with Gasteiger partial charge in [-0.1, -0.05) is 49.9 Å². The Balaban J connectivity index is 1.80. The van der Waals surface area contributed by atoms with E-state index in [1.54, 1.807) is 18.9 Å². The van der Waals surface area contributed by atoms with Gasteiger partial charge >= 0.3 is 0 Å². The van der Waals surface area contributed by atoms with Crippen molar-refractivity contribution in [3.05, 3.63) is 41.2 Å². The summed E-state index contributed by atoms with van der Waals surface area (Å²) in [6, 6.07) is 9.10. The fourth-order valence-corrected chi connectivity index (χ4v) is 3.35. The van der Waals surface area contributed by atoms with E-state index in [9.17, 15) is 0 Å².